The van der Waals surface area contributed by atoms with Crippen LogP contribution in [0.5, 0.6) is 0 Å². The molecule has 0 N–H and O–H groups in total. The molecule has 0 saturated carbocycles. The molecular formula is C32H20N4S. The molecule has 4 nitrogen and oxygen atoms in total. The predicted octanol–water partition coefficient (Wildman–Crippen LogP) is 8.30. The Balaban J connectivity index is 1.55. The monoisotopic (exact) mass is 492 g/mol. The van der Waals surface area contributed by atoms with Crippen molar-refractivity contribution < 1.29 is 0 Å². The lowest BCUT2D eigenvalue weighted by atomic mass is 10.00. The first-order chi connectivity index (χ1) is 18.3. The molecule has 174 valence electrons. The largest absolute Gasteiger partial charge is 0.264 e. The van der Waals surface area contributed by atoms with Gasteiger partial charge in [-0.1, -0.05) is 84.9 Å². The molecule has 0 aliphatic carbocycles. The second kappa shape index (κ2) is 9.04. The van der Waals surface area contributed by atoms with Gasteiger partial charge in [0.25, 0.3) is 0 Å². The van der Waals surface area contributed by atoms with Gasteiger partial charge in [0.15, 0.2) is 17.5 Å². The zero-order chi connectivity index (χ0) is 24.6. The number of fused-ring (bicyclic) bond motifs is 3. The van der Waals surface area contributed by atoms with Crippen molar-refractivity contribution in [2.75, 3.05) is 0 Å². The van der Waals surface area contributed by atoms with Gasteiger partial charge in [-0.25, -0.2) is 15.0 Å². The van der Waals surface area contributed by atoms with Crippen molar-refractivity contribution in [1.82, 2.24) is 19.9 Å². The van der Waals surface area contributed by atoms with Gasteiger partial charge in [-0.15, -0.1) is 11.3 Å². The molecule has 0 spiro atoms. The third-order valence-electron chi connectivity index (χ3n) is 6.41. The Labute approximate surface area is 218 Å². The van der Waals surface area contributed by atoms with Crippen molar-refractivity contribution in [3.63, 3.8) is 0 Å². The van der Waals surface area contributed by atoms with Crippen LogP contribution in [-0.2, 0) is 0 Å². The quantitative estimate of drug-likeness (QED) is 0.248. The summed E-state index contributed by atoms with van der Waals surface area (Å²) in [6.45, 7) is 0. The van der Waals surface area contributed by atoms with Crippen molar-refractivity contribution in [3.8, 4) is 45.3 Å². The standard InChI is InChI=1S/C32H20N4S/c1-3-10-21(11-4-1)30-34-31(22-12-5-2-6-13-22)36-32(35-30)27-19-24(23-14-9-17-33-20-23)18-26-25-15-7-8-16-28(25)37-29(26)27/h1-20H. The molecule has 4 aromatic carbocycles. The van der Waals surface area contributed by atoms with E-state index >= 15 is 0 Å². The van der Waals surface area contributed by atoms with Crippen LogP contribution >= 0.6 is 11.3 Å². The highest BCUT2D eigenvalue weighted by Gasteiger charge is 2.18. The molecule has 37 heavy (non-hydrogen) atoms. The highest BCUT2D eigenvalue weighted by atomic mass is 32.1. The predicted molar refractivity (Wildman–Crippen MR) is 152 cm³/mol. The number of benzene rings is 4. The van der Waals surface area contributed by atoms with Gasteiger partial charge in [0.05, 0.1) is 0 Å². The lowest BCUT2D eigenvalue weighted by Gasteiger charge is -2.11. The Morgan fingerprint density at radius 1 is 0.486 bits per heavy atom. The van der Waals surface area contributed by atoms with Gasteiger partial charge < -0.3 is 0 Å². The van der Waals surface area contributed by atoms with E-state index in [1.807, 2.05) is 72.9 Å². The summed E-state index contributed by atoms with van der Waals surface area (Å²) in [7, 11) is 0. The number of nitrogens with zero attached hydrogens (tertiary/aromatic N) is 4. The van der Waals surface area contributed by atoms with E-state index in [4.69, 9.17) is 15.0 Å². The zero-order valence-electron chi connectivity index (χ0n) is 19.7. The number of pyridine rings is 1. The maximum absolute atomic E-state index is 5.02. The van der Waals surface area contributed by atoms with Crippen LogP contribution in [0.2, 0.25) is 0 Å². The maximum Gasteiger partial charge on any atom is 0.165 e. The van der Waals surface area contributed by atoms with Crippen LogP contribution in [-0.4, -0.2) is 19.9 Å². The van der Waals surface area contributed by atoms with E-state index in [0.717, 1.165) is 32.5 Å². The van der Waals surface area contributed by atoms with E-state index < -0.39 is 0 Å². The van der Waals surface area contributed by atoms with Gasteiger partial charge in [-0.05, 0) is 29.8 Å². The van der Waals surface area contributed by atoms with E-state index in [-0.39, 0.29) is 0 Å². The maximum atomic E-state index is 5.02. The lowest BCUT2D eigenvalue weighted by molar-refractivity contribution is 1.08. The Morgan fingerprint density at radius 2 is 1.11 bits per heavy atom. The molecule has 3 aromatic heterocycles. The van der Waals surface area contributed by atoms with E-state index in [1.165, 1.54) is 15.5 Å². The van der Waals surface area contributed by atoms with Crippen molar-refractivity contribution in [2.24, 2.45) is 0 Å². The Morgan fingerprint density at radius 3 is 1.78 bits per heavy atom. The Kier molecular flexibility index (Phi) is 5.26. The average Bonchev–Trinajstić information content (AvgIpc) is 3.36. The summed E-state index contributed by atoms with van der Waals surface area (Å²) in [5.74, 6) is 1.98. The SMILES string of the molecule is c1ccc(-c2nc(-c3ccccc3)nc(-c3cc(-c4cccnc4)cc4c3sc3ccccc34)n2)cc1. The van der Waals surface area contributed by atoms with Crippen molar-refractivity contribution in [1.29, 1.82) is 0 Å². The van der Waals surface area contributed by atoms with Gasteiger partial charge in [0.1, 0.15) is 0 Å². The Hall–Kier alpha value is -4.74. The van der Waals surface area contributed by atoms with Crippen LogP contribution < -0.4 is 0 Å². The first-order valence-electron chi connectivity index (χ1n) is 12.1. The summed E-state index contributed by atoms with van der Waals surface area (Å²) >= 11 is 1.77. The lowest BCUT2D eigenvalue weighted by Crippen LogP contribution is -2.00. The van der Waals surface area contributed by atoms with E-state index in [1.54, 1.807) is 17.5 Å². The molecule has 0 radical (unpaired) electrons. The number of thiophene rings is 1. The van der Waals surface area contributed by atoms with Crippen LogP contribution in [0.4, 0.5) is 0 Å². The molecule has 5 heteroatoms. The average molecular weight is 493 g/mol. The second-order valence-electron chi connectivity index (χ2n) is 8.78. The fourth-order valence-electron chi connectivity index (χ4n) is 4.62. The van der Waals surface area contributed by atoms with E-state index in [2.05, 4.69) is 47.4 Å². The molecule has 0 aliphatic rings. The fourth-order valence-corrected chi connectivity index (χ4v) is 5.82. The highest BCUT2D eigenvalue weighted by Crippen LogP contribution is 2.42. The summed E-state index contributed by atoms with van der Waals surface area (Å²) in [5.41, 5.74) is 5.05. The molecule has 0 fully saturated rings. The van der Waals surface area contributed by atoms with Gasteiger partial charge in [0, 0.05) is 54.8 Å². The molecule has 3 heterocycles. The summed E-state index contributed by atoms with van der Waals surface area (Å²) in [5, 5.41) is 2.43. The molecular weight excluding hydrogens is 472 g/mol. The van der Waals surface area contributed by atoms with Crippen LogP contribution in [0.1, 0.15) is 0 Å². The third-order valence-corrected chi connectivity index (χ3v) is 7.63. The number of hydrogen-bond donors (Lipinski definition) is 0. The Bertz CT molecular complexity index is 1810. The molecule has 0 bridgehead atoms. The molecule has 0 saturated heterocycles. The summed E-state index contributed by atoms with van der Waals surface area (Å²) in [4.78, 5) is 19.3. The molecule has 0 aliphatic heterocycles. The summed E-state index contributed by atoms with van der Waals surface area (Å²) < 4.78 is 2.40. The molecule has 7 aromatic rings. The number of aromatic nitrogens is 4. The first kappa shape index (κ1) is 21.5. The molecule has 0 unspecified atom stereocenters. The third kappa shape index (κ3) is 3.96. The number of hydrogen-bond acceptors (Lipinski definition) is 5. The van der Waals surface area contributed by atoms with Gasteiger partial charge in [-0.2, -0.15) is 0 Å². The van der Waals surface area contributed by atoms with Gasteiger partial charge in [-0.3, -0.25) is 4.98 Å². The van der Waals surface area contributed by atoms with Crippen LogP contribution in [0.25, 0.3) is 65.5 Å². The fraction of sp³-hybridized carbons (Fsp3) is 0. The number of rotatable bonds is 4. The van der Waals surface area contributed by atoms with Crippen molar-refractivity contribution >= 4 is 31.5 Å². The van der Waals surface area contributed by atoms with Crippen molar-refractivity contribution in [2.45, 2.75) is 0 Å². The van der Waals surface area contributed by atoms with Crippen LogP contribution in [0, 0.1) is 0 Å². The molecule has 0 amide bonds. The van der Waals surface area contributed by atoms with Gasteiger partial charge >= 0.3 is 0 Å². The zero-order valence-corrected chi connectivity index (χ0v) is 20.6. The van der Waals surface area contributed by atoms with Crippen LogP contribution in [0.3, 0.4) is 0 Å². The summed E-state index contributed by atoms with van der Waals surface area (Å²) in [6, 6.07) is 37.2. The topological polar surface area (TPSA) is 51.6 Å². The molecule has 0 atom stereocenters. The van der Waals surface area contributed by atoms with E-state index in [9.17, 15) is 0 Å². The first-order valence-corrected chi connectivity index (χ1v) is 12.9. The van der Waals surface area contributed by atoms with Crippen molar-refractivity contribution in [3.05, 3.63) is 122 Å². The summed E-state index contributed by atoms with van der Waals surface area (Å²) in [6.07, 6.45) is 3.70. The molecule has 7 rings (SSSR count). The van der Waals surface area contributed by atoms with Gasteiger partial charge in [0.2, 0.25) is 0 Å². The highest BCUT2D eigenvalue weighted by molar-refractivity contribution is 7.26. The minimum absolute atomic E-state index is 0.658. The van der Waals surface area contributed by atoms with E-state index in [0.29, 0.717) is 17.5 Å². The minimum atomic E-state index is 0.658. The smallest absolute Gasteiger partial charge is 0.165 e. The van der Waals surface area contributed by atoms with Crippen LogP contribution in [0.15, 0.2) is 122 Å². The normalized spacial score (nSPS) is 11.2. The minimum Gasteiger partial charge on any atom is -0.264 e. The second-order valence-corrected chi connectivity index (χ2v) is 9.83.